The highest BCUT2D eigenvalue weighted by molar-refractivity contribution is 5.94. The molecule has 0 unspecified atom stereocenters. The molecule has 0 atom stereocenters. The molecule has 0 aliphatic heterocycles. The average Bonchev–Trinajstić information content (AvgIpc) is 2.42. The van der Waals surface area contributed by atoms with Gasteiger partial charge in [0.25, 0.3) is 5.91 Å². The van der Waals surface area contributed by atoms with Gasteiger partial charge in [-0.05, 0) is 43.5 Å². The standard InChI is InChI=1S/C16H23NO4/c1-5-6-7-17(4)16(20)13-8-11(2)15(12(3)9-13)21-10-14(18)19/h8-9H,5-7,10H2,1-4H3,(H,18,19). The van der Waals surface area contributed by atoms with Gasteiger partial charge in [-0.15, -0.1) is 0 Å². The third-order valence-electron chi connectivity index (χ3n) is 3.24. The van der Waals surface area contributed by atoms with E-state index in [2.05, 4.69) is 6.92 Å². The molecule has 0 aliphatic carbocycles. The molecule has 1 N–H and O–H groups in total. The van der Waals surface area contributed by atoms with Crippen LogP contribution in [0.3, 0.4) is 0 Å². The maximum atomic E-state index is 12.3. The highest BCUT2D eigenvalue weighted by atomic mass is 16.5. The van der Waals surface area contributed by atoms with E-state index in [0.29, 0.717) is 11.3 Å². The number of carboxylic acids is 1. The molecule has 116 valence electrons. The molecule has 0 fully saturated rings. The van der Waals surface area contributed by atoms with E-state index in [1.807, 2.05) is 13.8 Å². The van der Waals surface area contributed by atoms with E-state index >= 15 is 0 Å². The van der Waals surface area contributed by atoms with Crippen LogP contribution in [0.15, 0.2) is 12.1 Å². The van der Waals surface area contributed by atoms with E-state index in [1.165, 1.54) is 0 Å². The number of benzene rings is 1. The van der Waals surface area contributed by atoms with Gasteiger partial charge in [0, 0.05) is 19.2 Å². The second-order valence-electron chi connectivity index (χ2n) is 5.20. The van der Waals surface area contributed by atoms with Crippen LogP contribution in [-0.4, -0.2) is 42.1 Å². The first-order chi connectivity index (χ1) is 9.86. The Kier molecular flexibility index (Phi) is 6.21. The van der Waals surface area contributed by atoms with Crippen molar-refractivity contribution in [2.45, 2.75) is 33.6 Å². The smallest absolute Gasteiger partial charge is 0.341 e. The predicted octanol–water partition coefficient (Wildman–Crippen LogP) is 2.64. The lowest BCUT2D eigenvalue weighted by molar-refractivity contribution is -0.139. The van der Waals surface area contributed by atoms with Gasteiger partial charge < -0.3 is 14.7 Å². The average molecular weight is 293 g/mol. The van der Waals surface area contributed by atoms with Gasteiger partial charge in [-0.2, -0.15) is 0 Å². The number of amides is 1. The zero-order valence-corrected chi connectivity index (χ0v) is 13.1. The van der Waals surface area contributed by atoms with Crippen molar-refractivity contribution in [1.82, 2.24) is 4.90 Å². The monoisotopic (exact) mass is 293 g/mol. The number of carbonyl (C=O) groups excluding carboxylic acids is 1. The van der Waals surface area contributed by atoms with E-state index in [4.69, 9.17) is 9.84 Å². The van der Waals surface area contributed by atoms with Crippen LogP contribution in [0.5, 0.6) is 5.75 Å². The summed E-state index contributed by atoms with van der Waals surface area (Å²) in [5, 5.41) is 8.67. The molecule has 1 rings (SSSR count). The van der Waals surface area contributed by atoms with Crippen molar-refractivity contribution < 1.29 is 19.4 Å². The Morgan fingerprint density at radius 2 is 1.81 bits per heavy atom. The van der Waals surface area contributed by atoms with Crippen LogP contribution in [-0.2, 0) is 4.79 Å². The number of unbranched alkanes of at least 4 members (excludes halogenated alkanes) is 1. The summed E-state index contributed by atoms with van der Waals surface area (Å²) in [4.78, 5) is 24.6. The van der Waals surface area contributed by atoms with Crippen LogP contribution in [0.2, 0.25) is 0 Å². The Balaban J connectivity index is 2.91. The lowest BCUT2D eigenvalue weighted by Crippen LogP contribution is -2.27. The van der Waals surface area contributed by atoms with Gasteiger partial charge in [0.2, 0.25) is 0 Å². The number of aryl methyl sites for hydroxylation is 2. The second-order valence-corrected chi connectivity index (χ2v) is 5.20. The highest BCUT2D eigenvalue weighted by Gasteiger charge is 2.15. The van der Waals surface area contributed by atoms with Crippen LogP contribution in [0, 0.1) is 13.8 Å². The topological polar surface area (TPSA) is 66.8 Å². The fraction of sp³-hybridized carbons (Fsp3) is 0.500. The summed E-state index contributed by atoms with van der Waals surface area (Å²) >= 11 is 0. The third kappa shape index (κ3) is 4.77. The van der Waals surface area contributed by atoms with Crippen molar-refractivity contribution in [3.05, 3.63) is 28.8 Å². The van der Waals surface area contributed by atoms with Gasteiger partial charge in [-0.1, -0.05) is 13.3 Å². The molecule has 0 saturated heterocycles. The summed E-state index contributed by atoms with van der Waals surface area (Å²) in [7, 11) is 1.79. The summed E-state index contributed by atoms with van der Waals surface area (Å²) in [5.41, 5.74) is 2.14. The molecule has 1 aromatic rings. The van der Waals surface area contributed by atoms with E-state index in [1.54, 1.807) is 24.1 Å². The minimum absolute atomic E-state index is 0.0283. The van der Waals surface area contributed by atoms with Crippen molar-refractivity contribution >= 4 is 11.9 Å². The van der Waals surface area contributed by atoms with E-state index in [0.717, 1.165) is 30.5 Å². The second kappa shape index (κ2) is 7.67. The molecule has 0 radical (unpaired) electrons. The lowest BCUT2D eigenvalue weighted by atomic mass is 10.0. The summed E-state index contributed by atoms with van der Waals surface area (Å²) in [6.07, 6.45) is 2.01. The Morgan fingerprint density at radius 1 is 1.24 bits per heavy atom. The SMILES string of the molecule is CCCCN(C)C(=O)c1cc(C)c(OCC(=O)O)c(C)c1. The number of hydrogen-bond acceptors (Lipinski definition) is 3. The Morgan fingerprint density at radius 3 is 2.29 bits per heavy atom. The number of rotatable bonds is 7. The molecule has 0 saturated carbocycles. The largest absolute Gasteiger partial charge is 0.481 e. The first kappa shape index (κ1) is 17.0. The molecular formula is C16H23NO4. The zero-order chi connectivity index (χ0) is 16.0. The van der Waals surface area contributed by atoms with Crippen molar-refractivity contribution in [3.63, 3.8) is 0 Å². The van der Waals surface area contributed by atoms with Crippen LogP contribution < -0.4 is 4.74 Å². The number of ether oxygens (including phenoxy) is 1. The molecule has 0 aromatic heterocycles. The molecule has 1 aromatic carbocycles. The highest BCUT2D eigenvalue weighted by Crippen LogP contribution is 2.25. The van der Waals surface area contributed by atoms with Crippen LogP contribution >= 0.6 is 0 Å². The van der Waals surface area contributed by atoms with Crippen LogP contribution in [0.4, 0.5) is 0 Å². The summed E-state index contributed by atoms with van der Waals surface area (Å²) in [6, 6.07) is 3.49. The first-order valence-electron chi connectivity index (χ1n) is 7.08. The first-order valence-corrected chi connectivity index (χ1v) is 7.08. The van der Waals surface area contributed by atoms with Gasteiger partial charge in [0.05, 0.1) is 0 Å². The Hall–Kier alpha value is -2.04. The maximum Gasteiger partial charge on any atom is 0.341 e. The molecule has 0 bridgehead atoms. The quantitative estimate of drug-likeness (QED) is 0.839. The molecule has 0 heterocycles. The zero-order valence-electron chi connectivity index (χ0n) is 13.1. The number of hydrogen-bond donors (Lipinski definition) is 1. The van der Waals surface area contributed by atoms with E-state index < -0.39 is 5.97 Å². The molecule has 0 spiro atoms. The van der Waals surface area contributed by atoms with Crippen molar-refractivity contribution in [1.29, 1.82) is 0 Å². The molecule has 21 heavy (non-hydrogen) atoms. The third-order valence-corrected chi connectivity index (χ3v) is 3.24. The fourth-order valence-electron chi connectivity index (χ4n) is 2.15. The number of aliphatic carboxylic acids is 1. The molecule has 0 aliphatic rings. The van der Waals surface area contributed by atoms with Gasteiger partial charge in [-0.25, -0.2) is 4.79 Å². The van der Waals surface area contributed by atoms with Crippen LogP contribution in [0.1, 0.15) is 41.3 Å². The Bertz CT molecular complexity index is 502. The summed E-state index contributed by atoms with van der Waals surface area (Å²) in [5.74, 6) is -0.516. The number of nitrogens with zero attached hydrogens (tertiary/aromatic N) is 1. The minimum atomic E-state index is -1.02. The number of carboxylic acid groups (broad SMARTS) is 1. The van der Waals surface area contributed by atoms with Gasteiger partial charge in [-0.3, -0.25) is 4.79 Å². The van der Waals surface area contributed by atoms with E-state index in [-0.39, 0.29) is 12.5 Å². The molecule has 5 heteroatoms. The van der Waals surface area contributed by atoms with Crippen molar-refractivity contribution in [2.75, 3.05) is 20.2 Å². The lowest BCUT2D eigenvalue weighted by Gasteiger charge is -2.18. The van der Waals surface area contributed by atoms with Crippen molar-refractivity contribution in [3.8, 4) is 5.75 Å². The minimum Gasteiger partial charge on any atom is -0.481 e. The molecule has 5 nitrogen and oxygen atoms in total. The van der Waals surface area contributed by atoms with Crippen LogP contribution in [0.25, 0.3) is 0 Å². The van der Waals surface area contributed by atoms with Gasteiger partial charge in [0.1, 0.15) is 5.75 Å². The maximum absolute atomic E-state index is 12.3. The Labute approximate surface area is 125 Å². The fourth-order valence-corrected chi connectivity index (χ4v) is 2.15. The molecule has 1 amide bonds. The van der Waals surface area contributed by atoms with Crippen molar-refractivity contribution in [2.24, 2.45) is 0 Å². The number of carbonyl (C=O) groups is 2. The predicted molar refractivity (Wildman–Crippen MR) is 80.9 cm³/mol. The molecular weight excluding hydrogens is 270 g/mol. The van der Waals surface area contributed by atoms with Gasteiger partial charge in [0.15, 0.2) is 6.61 Å². The van der Waals surface area contributed by atoms with Gasteiger partial charge >= 0.3 is 5.97 Å². The summed E-state index contributed by atoms with van der Waals surface area (Å²) < 4.78 is 5.26. The van der Waals surface area contributed by atoms with E-state index in [9.17, 15) is 9.59 Å². The normalized spacial score (nSPS) is 10.3. The summed E-state index contributed by atoms with van der Waals surface area (Å²) in [6.45, 7) is 6.05.